The number of aryl methyl sites for hydroxylation is 2. The van der Waals surface area contributed by atoms with Crippen molar-refractivity contribution in [1.82, 2.24) is 5.32 Å². The molecule has 6 heteroatoms. The zero-order valence-corrected chi connectivity index (χ0v) is 12.2. The van der Waals surface area contributed by atoms with E-state index in [4.69, 9.17) is 9.52 Å². The van der Waals surface area contributed by atoms with Gasteiger partial charge in [0.15, 0.2) is 5.76 Å². The number of rotatable bonds is 4. The van der Waals surface area contributed by atoms with Crippen molar-refractivity contribution < 1.29 is 19.1 Å². The van der Waals surface area contributed by atoms with Crippen molar-refractivity contribution in [3.63, 3.8) is 0 Å². The summed E-state index contributed by atoms with van der Waals surface area (Å²) in [7, 11) is 0. The molecule has 5 nitrogen and oxygen atoms in total. The number of aromatic carboxylic acids is 1. The quantitative estimate of drug-likeness (QED) is 0.907. The summed E-state index contributed by atoms with van der Waals surface area (Å²) >= 11 is 1.68. The van der Waals surface area contributed by atoms with Gasteiger partial charge in [-0.15, -0.1) is 11.3 Å². The first-order chi connectivity index (χ1) is 9.38. The van der Waals surface area contributed by atoms with E-state index in [-0.39, 0.29) is 17.4 Å². The number of hydrogen-bond acceptors (Lipinski definition) is 4. The number of amides is 1. The summed E-state index contributed by atoms with van der Waals surface area (Å²) in [5.74, 6) is -1.54. The topological polar surface area (TPSA) is 79.5 Å². The average molecular weight is 293 g/mol. The molecule has 2 heterocycles. The highest BCUT2D eigenvalue weighted by molar-refractivity contribution is 7.12. The third-order valence-corrected chi connectivity index (χ3v) is 3.95. The van der Waals surface area contributed by atoms with Gasteiger partial charge in [0, 0.05) is 15.8 Å². The van der Waals surface area contributed by atoms with Gasteiger partial charge in [0.2, 0.25) is 0 Å². The summed E-state index contributed by atoms with van der Waals surface area (Å²) in [6.45, 7) is 5.90. The second-order valence-electron chi connectivity index (χ2n) is 4.57. The Hall–Kier alpha value is -2.08. The van der Waals surface area contributed by atoms with Gasteiger partial charge in [-0.2, -0.15) is 0 Å². The van der Waals surface area contributed by atoms with E-state index in [0.29, 0.717) is 0 Å². The highest BCUT2D eigenvalue weighted by atomic mass is 32.1. The van der Waals surface area contributed by atoms with Crippen LogP contribution in [0.1, 0.15) is 49.2 Å². The van der Waals surface area contributed by atoms with Crippen LogP contribution in [0.4, 0.5) is 0 Å². The molecule has 0 aliphatic heterocycles. The maximum Gasteiger partial charge on any atom is 0.338 e. The van der Waals surface area contributed by atoms with Gasteiger partial charge in [0.25, 0.3) is 5.91 Å². The predicted octanol–water partition coefficient (Wildman–Crippen LogP) is 3.15. The molecule has 0 radical (unpaired) electrons. The van der Waals surface area contributed by atoms with Crippen LogP contribution in [-0.4, -0.2) is 17.0 Å². The molecule has 0 bridgehead atoms. The fourth-order valence-corrected chi connectivity index (χ4v) is 3.02. The van der Waals surface area contributed by atoms with Crippen molar-refractivity contribution in [3.05, 3.63) is 45.0 Å². The molecule has 0 fully saturated rings. The highest BCUT2D eigenvalue weighted by Crippen LogP contribution is 2.26. The average Bonchev–Trinajstić information content (AvgIpc) is 2.95. The number of furan rings is 1. The minimum absolute atomic E-state index is 0.00106. The third kappa shape index (κ3) is 2.91. The number of carboxylic acid groups (broad SMARTS) is 1. The zero-order chi connectivity index (χ0) is 14.9. The van der Waals surface area contributed by atoms with Crippen LogP contribution in [0.5, 0.6) is 0 Å². The Kier molecular flexibility index (Phi) is 3.94. The first-order valence-electron chi connectivity index (χ1n) is 6.08. The summed E-state index contributed by atoms with van der Waals surface area (Å²) in [5, 5.41) is 11.6. The van der Waals surface area contributed by atoms with Crippen LogP contribution in [0.15, 0.2) is 22.8 Å². The fourth-order valence-electron chi connectivity index (χ4n) is 1.99. The summed E-state index contributed by atoms with van der Waals surface area (Å²) < 4.78 is 4.97. The first kappa shape index (κ1) is 14.3. The molecule has 0 aliphatic carbocycles. The minimum atomic E-state index is -1.12. The summed E-state index contributed by atoms with van der Waals surface area (Å²) in [4.78, 5) is 25.1. The number of thiophene rings is 1. The molecule has 2 rings (SSSR count). The number of nitrogens with one attached hydrogen (secondary N) is 1. The molecule has 1 atom stereocenters. The standard InChI is InChI=1S/C14H15NO4S/c1-7-4-11(9(3)20-7)8(2)15-13(16)12-5-10(6-19-12)14(17)18/h4-6,8H,1-3H3,(H,15,16)(H,17,18)/t8-/m0/s1. The van der Waals surface area contributed by atoms with Crippen molar-refractivity contribution in [2.75, 3.05) is 0 Å². The van der Waals surface area contributed by atoms with Crippen molar-refractivity contribution in [2.24, 2.45) is 0 Å². The lowest BCUT2D eigenvalue weighted by molar-refractivity contribution is 0.0695. The van der Waals surface area contributed by atoms with E-state index in [0.717, 1.165) is 16.7 Å². The molecule has 2 aromatic heterocycles. The van der Waals surface area contributed by atoms with Crippen molar-refractivity contribution in [1.29, 1.82) is 0 Å². The monoisotopic (exact) mass is 293 g/mol. The molecule has 2 N–H and O–H groups in total. The molecule has 0 unspecified atom stereocenters. The first-order valence-corrected chi connectivity index (χ1v) is 6.89. The van der Waals surface area contributed by atoms with Crippen molar-refractivity contribution in [3.8, 4) is 0 Å². The van der Waals surface area contributed by atoms with E-state index in [9.17, 15) is 9.59 Å². The Balaban J connectivity index is 2.10. The van der Waals surface area contributed by atoms with Gasteiger partial charge in [-0.3, -0.25) is 4.79 Å². The molecule has 0 spiro atoms. The van der Waals surface area contributed by atoms with E-state index in [2.05, 4.69) is 5.32 Å². The van der Waals surface area contributed by atoms with E-state index in [1.54, 1.807) is 11.3 Å². The van der Waals surface area contributed by atoms with Crippen LogP contribution in [-0.2, 0) is 0 Å². The van der Waals surface area contributed by atoms with Gasteiger partial charge in [-0.25, -0.2) is 4.79 Å². The van der Waals surface area contributed by atoms with Crippen LogP contribution in [0.3, 0.4) is 0 Å². The van der Waals surface area contributed by atoms with Crippen molar-refractivity contribution in [2.45, 2.75) is 26.8 Å². The maximum absolute atomic E-state index is 12.0. The summed E-state index contributed by atoms with van der Waals surface area (Å²) in [6, 6.07) is 3.09. The molecule has 0 aliphatic rings. The van der Waals surface area contributed by atoms with Gasteiger partial charge < -0.3 is 14.8 Å². The van der Waals surface area contributed by atoms with E-state index >= 15 is 0 Å². The number of carbonyl (C=O) groups is 2. The fraction of sp³-hybridized carbons (Fsp3) is 0.286. The number of carboxylic acids is 1. The van der Waals surface area contributed by atoms with Gasteiger partial charge in [-0.1, -0.05) is 0 Å². The molecule has 20 heavy (non-hydrogen) atoms. The Bertz CT molecular complexity index is 656. The molecule has 0 aromatic carbocycles. The van der Waals surface area contributed by atoms with Gasteiger partial charge in [0.05, 0.1) is 11.6 Å². The van der Waals surface area contributed by atoms with Crippen LogP contribution >= 0.6 is 11.3 Å². The lowest BCUT2D eigenvalue weighted by atomic mass is 10.1. The summed E-state index contributed by atoms with van der Waals surface area (Å²) in [5.41, 5.74) is 1.02. The normalized spacial score (nSPS) is 12.2. The van der Waals surface area contributed by atoms with Gasteiger partial charge in [0.1, 0.15) is 6.26 Å². The smallest absolute Gasteiger partial charge is 0.338 e. The van der Waals surface area contributed by atoms with E-state index < -0.39 is 11.9 Å². The second kappa shape index (κ2) is 5.50. The molecule has 0 saturated carbocycles. The van der Waals surface area contributed by atoms with E-state index in [1.807, 2.05) is 26.8 Å². The maximum atomic E-state index is 12.0. The van der Waals surface area contributed by atoms with Crippen LogP contribution in [0, 0.1) is 13.8 Å². The predicted molar refractivity (Wildman–Crippen MR) is 75.3 cm³/mol. The Morgan fingerprint density at radius 2 is 2.05 bits per heavy atom. The Labute approximate surface area is 120 Å². The lowest BCUT2D eigenvalue weighted by Gasteiger charge is -2.12. The molecular weight excluding hydrogens is 278 g/mol. The Morgan fingerprint density at radius 1 is 1.35 bits per heavy atom. The summed E-state index contributed by atoms with van der Waals surface area (Å²) in [6.07, 6.45) is 1.06. The van der Waals surface area contributed by atoms with Crippen molar-refractivity contribution >= 4 is 23.2 Å². The molecule has 1 amide bonds. The SMILES string of the molecule is Cc1cc([C@H](C)NC(=O)c2cc(C(=O)O)co2)c(C)s1. The highest BCUT2D eigenvalue weighted by Gasteiger charge is 2.18. The number of hydrogen-bond donors (Lipinski definition) is 2. The largest absolute Gasteiger partial charge is 0.478 e. The second-order valence-corrected chi connectivity index (χ2v) is 6.03. The minimum Gasteiger partial charge on any atom is -0.478 e. The van der Waals surface area contributed by atoms with Crippen LogP contribution in [0.25, 0.3) is 0 Å². The van der Waals surface area contributed by atoms with Gasteiger partial charge in [-0.05, 0) is 32.4 Å². The molecular formula is C14H15NO4S. The van der Waals surface area contributed by atoms with Crippen LogP contribution in [0.2, 0.25) is 0 Å². The number of carbonyl (C=O) groups excluding carboxylic acids is 1. The molecule has 106 valence electrons. The lowest BCUT2D eigenvalue weighted by Crippen LogP contribution is -2.26. The Morgan fingerprint density at radius 3 is 2.55 bits per heavy atom. The van der Waals surface area contributed by atoms with E-state index in [1.165, 1.54) is 10.9 Å². The molecule has 0 saturated heterocycles. The zero-order valence-electron chi connectivity index (χ0n) is 11.4. The van der Waals surface area contributed by atoms with Crippen LogP contribution < -0.4 is 5.32 Å². The third-order valence-electron chi connectivity index (χ3n) is 2.96. The van der Waals surface area contributed by atoms with Gasteiger partial charge >= 0.3 is 5.97 Å². The molecule has 2 aromatic rings.